The molecule has 1 aliphatic heterocycles. The van der Waals surface area contributed by atoms with Crippen LogP contribution < -0.4 is 0 Å². The number of benzene rings is 2. The third-order valence-electron chi connectivity index (χ3n) is 7.20. The van der Waals surface area contributed by atoms with Crippen molar-refractivity contribution < 1.29 is 25.8 Å². The van der Waals surface area contributed by atoms with E-state index in [9.17, 15) is 17.2 Å². The summed E-state index contributed by atoms with van der Waals surface area (Å²) in [6.45, 7) is 10.6. The quantitative estimate of drug-likeness (QED) is 0.171. The van der Waals surface area contributed by atoms with Crippen LogP contribution in [0.5, 0.6) is 0 Å². The first-order valence-corrected chi connectivity index (χ1v) is 17.6. The molecule has 0 unspecified atom stereocenters. The van der Waals surface area contributed by atoms with Gasteiger partial charge >= 0.3 is 10.3 Å². The van der Waals surface area contributed by atoms with E-state index in [4.69, 9.17) is 8.61 Å². The first kappa shape index (κ1) is 29.4. The topological polar surface area (TPSA) is 55.8 Å². The van der Waals surface area contributed by atoms with Gasteiger partial charge in [0.2, 0.25) is 0 Å². The maximum atomic E-state index is 14.7. The smallest absolute Gasteiger partial charge is 0.338 e. The Morgan fingerprint density at radius 3 is 2.08 bits per heavy atom. The summed E-state index contributed by atoms with van der Waals surface area (Å²) < 4.78 is 70.1. The van der Waals surface area contributed by atoms with Crippen molar-refractivity contribution in [1.82, 2.24) is 4.31 Å². The number of nitrogens with zero attached hydrogens (tertiary/aromatic N) is 1. The molecule has 0 aromatic heterocycles. The number of hydrogen-bond donors (Lipinski definition) is 0. The molecule has 1 atom stereocenters. The van der Waals surface area contributed by atoms with Gasteiger partial charge in [0.1, 0.15) is 17.2 Å². The molecule has 0 amide bonds. The fourth-order valence-electron chi connectivity index (χ4n) is 4.43. The van der Waals surface area contributed by atoms with Gasteiger partial charge in [-0.25, -0.2) is 8.78 Å². The third-order valence-corrected chi connectivity index (χ3v) is 13.7. The summed E-state index contributed by atoms with van der Waals surface area (Å²) in [5.41, 5.74) is -0.550. The number of hydrogen-bond acceptors (Lipinski definition) is 4. The number of alkyl halides is 1. The van der Waals surface area contributed by atoms with Crippen molar-refractivity contribution >= 4 is 34.6 Å². The molecule has 3 rings (SSSR count). The Labute approximate surface area is 223 Å². The molecular weight excluding hydrogens is 568 g/mol. The largest absolute Gasteiger partial charge is 0.402 e. The summed E-state index contributed by atoms with van der Waals surface area (Å²) in [6, 6.07) is 11.3. The molecule has 36 heavy (non-hydrogen) atoms. The zero-order chi connectivity index (χ0) is 26.8. The molecule has 5 nitrogen and oxygen atoms in total. The van der Waals surface area contributed by atoms with Gasteiger partial charge in [0.05, 0.1) is 12.6 Å². The molecule has 1 saturated heterocycles. The highest BCUT2D eigenvalue weighted by molar-refractivity contribution is 9.09. The second-order valence-electron chi connectivity index (χ2n) is 10.7. The van der Waals surface area contributed by atoms with Crippen LogP contribution in [0.2, 0.25) is 18.1 Å². The monoisotopic (exact) mass is 603 g/mol. The minimum Gasteiger partial charge on any atom is -0.402 e. The van der Waals surface area contributed by atoms with E-state index in [1.165, 1.54) is 28.6 Å². The van der Waals surface area contributed by atoms with Gasteiger partial charge in [0, 0.05) is 11.9 Å². The van der Waals surface area contributed by atoms with Gasteiger partial charge in [-0.15, -0.1) is 0 Å². The van der Waals surface area contributed by atoms with E-state index in [0.29, 0.717) is 35.7 Å². The second-order valence-corrected chi connectivity index (χ2v) is 17.8. The molecule has 0 aliphatic carbocycles. The molecular formula is C26H36BrF2NO4SSi. The minimum absolute atomic E-state index is 0.0345. The Balaban J connectivity index is 2.31. The van der Waals surface area contributed by atoms with Crippen molar-refractivity contribution in [2.24, 2.45) is 0 Å². The van der Waals surface area contributed by atoms with Crippen molar-refractivity contribution in [3.05, 3.63) is 71.3 Å². The van der Waals surface area contributed by atoms with E-state index >= 15 is 0 Å². The summed E-state index contributed by atoms with van der Waals surface area (Å²) in [6.07, 6.45) is 1.54. The minimum atomic E-state index is -4.13. The van der Waals surface area contributed by atoms with Crippen molar-refractivity contribution in [1.29, 1.82) is 0 Å². The van der Waals surface area contributed by atoms with E-state index in [2.05, 4.69) is 49.8 Å². The average molecular weight is 605 g/mol. The summed E-state index contributed by atoms with van der Waals surface area (Å²) in [4.78, 5) is 0. The standard InChI is InChI=1S/C26H36BrF2NO4SSi/c1-25(2,3)36(4,5)34-26(20-10-6-12-22(28)18-20,21-11-7-13-23(29)19-21)24-14-8-16-30(24)35(31,32)33-17-9-15-27/h6-7,10-13,18-19,24H,8-9,14-17H2,1-5H3/t24-/m1/s1. The third kappa shape index (κ3) is 6.10. The molecule has 0 saturated carbocycles. The maximum absolute atomic E-state index is 14.7. The predicted molar refractivity (Wildman–Crippen MR) is 145 cm³/mol. The highest BCUT2D eigenvalue weighted by Crippen LogP contribution is 2.50. The van der Waals surface area contributed by atoms with Crippen LogP contribution in [0.25, 0.3) is 0 Å². The van der Waals surface area contributed by atoms with Crippen LogP contribution in [0.15, 0.2) is 48.5 Å². The average Bonchev–Trinajstić information content (AvgIpc) is 3.28. The predicted octanol–water partition coefficient (Wildman–Crippen LogP) is 6.74. The lowest BCUT2D eigenvalue weighted by Crippen LogP contribution is -2.58. The van der Waals surface area contributed by atoms with Gasteiger partial charge in [-0.1, -0.05) is 61.0 Å². The van der Waals surface area contributed by atoms with Crippen LogP contribution >= 0.6 is 15.9 Å². The Hall–Kier alpha value is -1.17. The normalized spacial score (nSPS) is 18.1. The maximum Gasteiger partial charge on any atom is 0.338 e. The van der Waals surface area contributed by atoms with E-state index < -0.39 is 41.9 Å². The number of rotatable bonds is 10. The lowest BCUT2D eigenvalue weighted by atomic mass is 9.79. The fourth-order valence-corrected chi connectivity index (χ4v) is 7.53. The molecule has 10 heteroatoms. The van der Waals surface area contributed by atoms with Gasteiger partial charge in [-0.2, -0.15) is 12.7 Å². The van der Waals surface area contributed by atoms with Crippen LogP contribution in [-0.2, 0) is 24.5 Å². The number of halogens is 3. The zero-order valence-electron chi connectivity index (χ0n) is 21.6. The Bertz CT molecular complexity index is 1110. The van der Waals surface area contributed by atoms with Gasteiger partial charge in [-0.3, -0.25) is 4.18 Å². The first-order valence-electron chi connectivity index (χ1n) is 12.2. The first-order chi connectivity index (χ1) is 16.7. The van der Waals surface area contributed by atoms with E-state index in [0.717, 1.165) is 0 Å². The van der Waals surface area contributed by atoms with Gasteiger partial charge < -0.3 is 4.43 Å². The van der Waals surface area contributed by atoms with Crippen LogP contribution in [0.1, 0.15) is 51.2 Å². The Kier molecular flexibility index (Phi) is 9.21. The molecule has 2 aromatic rings. The Morgan fingerprint density at radius 2 is 1.61 bits per heavy atom. The molecule has 1 fully saturated rings. The van der Waals surface area contributed by atoms with Crippen LogP contribution in [0, 0.1) is 11.6 Å². The summed E-state index contributed by atoms with van der Waals surface area (Å²) in [7, 11) is -6.77. The van der Waals surface area contributed by atoms with Gasteiger partial charge in [0.25, 0.3) is 0 Å². The molecule has 1 heterocycles. The van der Waals surface area contributed by atoms with Gasteiger partial charge in [-0.05, 0) is 72.8 Å². The molecule has 2 aromatic carbocycles. The van der Waals surface area contributed by atoms with Gasteiger partial charge in [0.15, 0.2) is 8.32 Å². The van der Waals surface area contributed by atoms with Crippen LogP contribution in [0.3, 0.4) is 0 Å². The molecule has 0 radical (unpaired) electrons. The molecule has 0 spiro atoms. The fraction of sp³-hybridized carbons (Fsp3) is 0.538. The van der Waals surface area contributed by atoms with Crippen molar-refractivity contribution in [3.63, 3.8) is 0 Å². The zero-order valence-corrected chi connectivity index (χ0v) is 25.0. The summed E-state index contributed by atoms with van der Waals surface area (Å²) >= 11 is 3.30. The van der Waals surface area contributed by atoms with Crippen LogP contribution in [-0.4, -0.2) is 45.6 Å². The van der Waals surface area contributed by atoms with Crippen molar-refractivity contribution in [3.8, 4) is 0 Å². The molecule has 1 aliphatic rings. The summed E-state index contributed by atoms with van der Waals surface area (Å²) in [5, 5.41) is 0.352. The lowest BCUT2D eigenvalue weighted by molar-refractivity contribution is 0.0280. The SMILES string of the molecule is CC(C)(C)[Si](C)(C)OC(c1cccc(F)c1)(c1cccc(F)c1)[C@H]1CCCN1S(=O)(=O)OCCCBr. The Morgan fingerprint density at radius 1 is 1.06 bits per heavy atom. The molecule has 0 bridgehead atoms. The lowest BCUT2D eigenvalue weighted by Gasteiger charge is -2.50. The second kappa shape index (κ2) is 11.3. The highest BCUT2D eigenvalue weighted by atomic mass is 79.9. The van der Waals surface area contributed by atoms with Crippen molar-refractivity contribution in [2.75, 3.05) is 18.5 Å². The highest BCUT2D eigenvalue weighted by Gasteiger charge is 2.55. The van der Waals surface area contributed by atoms with E-state index in [-0.39, 0.29) is 18.2 Å². The van der Waals surface area contributed by atoms with E-state index in [1.54, 1.807) is 24.3 Å². The van der Waals surface area contributed by atoms with Crippen molar-refractivity contribution in [2.45, 2.75) is 69.8 Å². The van der Waals surface area contributed by atoms with E-state index in [1.807, 2.05) is 0 Å². The van der Waals surface area contributed by atoms with Crippen LogP contribution in [0.4, 0.5) is 8.78 Å². The summed E-state index contributed by atoms with van der Waals surface area (Å²) in [5.74, 6) is -0.957. The molecule has 0 N–H and O–H groups in total. The molecule has 200 valence electrons.